The first-order valence-corrected chi connectivity index (χ1v) is 9.74. The van der Waals surface area contributed by atoms with Crippen molar-refractivity contribution in [3.8, 4) is 11.3 Å². The van der Waals surface area contributed by atoms with Gasteiger partial charge < -0.3 is 9.84 Å². The monoisotopic (exact) mass is 415 g/mol. The van der Waals surface area contributed by atoms with E-state index in [0.29, 0.717) is 29.6 Å². The average molecular weight is 416 g/mol. The lowest BCUT2D eigenvalue weighted by Gasteiger charge is -2.19. The molecule has 0 aliphatic rings. The molecule has 152 valence electrons. The Bertz CT molecular complexity index is 1000. The summed E-state index contributed by atoms with van der Waals surface area (Å²) in [4.78, 5) is 14.5. The van der Waals surface area contributed by atoms with Crippen LogP contribution in [0.4, 0.5) is 10.1 Å². The molecule has 1 N–H and O–H groups in total. The Balaban J connectivity index is 1.67. The zero-order chi connectivity index (χ0) is 21.0. The van der Waals surface area contributed by atoms with Gasteiger partial charge in [0.1, 0.15) is 11.5 Å². The molecule has 0 saturated carbocycles. The van der Waals surface area contributed by atoms with Crippen LogP contribution in [-0.4, -0.2) is 29.1 Å². The molecule has 0 bridgehead atoms. The van der Waals surface area contributed by atoms with Gasteiger partial charge in [-0.05, 0) is 62.4 Å². The van der Waals surface area contributed by atoms with Gasteiger partial charge in [0.2, 0.25) is 5.91 Å². The quantitative estimate of drug-likeness (QED) is 0.575. The average Bonchev–Trinajstić information content (AvgIpc) is 3.05. The van der Waals surface area contributed by atoms with Gasteiger partial charge in [0.05, 0.1) is 6.54 Å². The second-order valence-corrected chi connectivity index (χ2v) is 7.34. The molecule has 5 nitrogen and oxygen atoms in total. The third-order valence-electron chi connectivity index (χ3n) is 4.79. The number of nitrogens with one attached hydrogen (secondary N) is 1. The van der Waals surface area contributed by atoms with E-state index >= 15 is 0 Å². The van der Waals surface area contributed by atoms with Crippen molar-refractivity contribution < 1.29 is 13.7 Å². The highest BCUT2D eigenvalue weighted by Crippen LogP contribution is 2.26. The van der Waals surface area contributed by atoms with E-state index < -0.39 is 0 Å². The van der Waals surface area contributed by atoms with Crippen molar-refractivity contribution in [1.29, 1.82) is 0 Å². The van der Waals surface area contributed by atoms with Crippen molar-refractivity contribution in [2.45, 2.75) is 27.3 Å². The molecular weight excluding hydrogens is 393 g/mol. The summed E-state index contributed by atoms with van der Waals surface area (Å²) < 4.78 is 18.6. The highest BCUT2D eigenvalue weighted by Gasteiger charge is 2.18. The molecule has 1 amide bonds. The van der Waals surface area contributed by atoms with Gasteiger partial charge in [0.25, 0.3) is 0 Å². The minimum Gasteiger partial charge on any atom is -0.356 e. The number of nitrogens with zero attached hydrogens (tertiary/aromatic N) is 2. The van der Waals surface area contributed by atoms with Crippen molar-refractivity contribution in [3.05, 3.63) is 70.1 Å². The highest BCUT2D eigenvalue weighted by atomic mass is 35.5. The number of aromatic nitrogens is 1. The van der Waals surface area contributed by atoms with Crippen LogP contribution in [0, 0.1) is 19.7 Å². The van der Waals surface area contributed by atoms with Crippen LogP contribution >= 0.6 is 11.6 Å². The van der Waals surface area contributed by atoms with E-state index in [0.717, 1.165) is 22.4 Å². The number of carbonyl (C=O) groups is 1. The summed E-state index contributed by atoms with van der Waals surface area (Å²) in [5.41, 5.74) is 4.04. The molecule has 2 aromatic carbocycles. The smallest absolute Gasteiger partial charge is 0.238 e. The predicted octanol–water partition coefficient (Wildman–Crippen LogP) is 5.21. The Morgan fingerprint density at radius 1 is 1.21 bits per heavy atom. The molecule has 0 radical (unpaired) electrons. The Hall–Kier alpha value is -2.70. The number of hydrogen-bond donors (Lipinski definition) is 1. The topological polar surface area (TPSA) is 58.4 Å². The number of halogens is 2. The van der Waals surface area contributed by atoms with Gasteiger partial charge in [-0.1, -0.05) is 29.7 Å². The molecule has 0 saturated heterocycles. The second-order valence-electron chi connectivity index (χ2n) is 6.90. The summed E-state index contributed by atoms with van der Waals surface area (Å²) >= 11 is 6.02. The minimum absolute atomic E-state index is 0.128. The van der Waals surface area contributed by atoms with E-state index in [1.165, 1.54) is 12.1 Å². The molecule has 1 aromatic heterocycles. The van der Waals surface area contributed by atoms with Gasteiger partial charge in [0, 0.05) is 28.4 Å². The van der Waals surface area contributed by atoms with Crippen LogP contribution in [0.15, 0.2) is 47.0 Å². The van der Waals surface area contributed by atoms with Gasteiger partial charge in [0.15, 0.2) is 5.76 Å². The summed E-state index contributed by atoms with van der Waals surface area (Å²) in [6, 6.07) is 11.5. The third kappa shape index (κ3) is 5.22. The molecular formula is C22H23ClFN3O2. The number of likely N-dealkylation sites (N-methyl/N-ethyl adjacent to an activating group) is 1. The fourth-order valence-electron chi connectivity index (χ4n) is 3.00. The van der Waals surface area contributed by atoms with Crippen LogP contribution in [0.3, 0.4) is 0 Å². The Kier molecular flexibility index (Phi) is 6.67. The zero-order valence-corrected chi connectivity index (χ0v) is 17.4. The molecule has 3 aromatic rings. The number of rotatable bonds is 7. The van der Waals surface area contributed by atoms with E-state index in [4.69, 9.17) is 16.1 Å². The molecule has 0 atom stereocenters. The molecule has 1 heterocycles. The van der Waals surface area contributed by atoms with E-state index in [1.54, 1.807) is 24.3 Å². The van der Waals surface area contributed by atoms with Crippen LogP contribution in [0.5, 0.6) is 0 Å². The van der Waals surface area contributed by atoms with E-state index in [9.17, 15) is 9.18 Å². The number of benzene rings is 2. The Labute approximate surface area is 174 Å². The number of hydrogen-bond acceptors (Lipinski definition) is 4. The van der Waals surface area contributed by atoms with Crippen molar-refractivity contribution in [2.75, 3.05) is 18.4 Å². The van der Waals surface area contributed by atoms with Gasteiger partial charge in [-0.15, -0.1) is 0 Å². The maximum atomic E-state index is 13.2. The molecule has 29 heavy (non-hydrogen) atoms. The minimum atomic E-state index is -0.302. The van der Waals surface area contributed by atoms with Gasteiger partial charge >= 0.3 is 0 Å². The SMILES string of the molecule is CCN(CC(=O)Nc1cc(Cl)ccc1C)Cc1noc(-c2ccc(F)cc2)c1C. The molecule has 7 heteroatoms. The molecule has 0 spiro atoms. The first-order valence-electron chi connectivity index (χ1n) is 9.36. The summed E-state index contributed by atoms with van der Waals surface area (Å²) in [6.07, 6.45) is 0. The lowest BCUT2D eigenvalue weighted by Crippen LogP contribution is -2.33. The Morgan fingerprint density at radius 3 is 2.62 bits per heavy atom. The molecule has 0 unspecified atom stereocenters. The Morgan fingerprint density at radius 2 is 1.93 bits per heavy atom. The van der Waals surface area contributed by atoms with Crippen LogP contribution in [0.2, 0.25) is 5.02 Å². The van der Waals surface area contributed by atoms with Crippen molar-refractivity contribution in [2.24, 2.45) is 0 Å². The lowest BCUT2D eigenvalue weighted by atomic mass is 10.1. The van der Waals surface area contributed by atoms with Crippen LogP contribution in [0.1, 0.15) is 23.7 Å². The number of amides is 1. The van der Waals surface area contributed by atoms with Crippen LogP contribution < -0.4 is 5.32 Å². The lowest BCUT2D eigenvalue weighted by molar-refractivity contribution is -0.117. The summed E-state index contributed by atoms with van der Waals surface area (Å²) in [5.74, 6) is 0.177. The standard InChI is InChI=1S/C22H23ClFN3O2/c1-4-27(13-21(28)25-19-11-17(23)8-5-14(19)2)12-20-15(3)22(29-26-20)16-6-9-18(24)10-7-16/h5-11H,4,12-13H2,1-3H3,(H,25,28). The zero-order valence-electron chi connectivity index (χ0n) is 16.6. The second kappa shape index (κ2) is 9.20. The van der Waals surface area contributed by atoms with Gasteiger partial charge in [-0.2, -0.15) is 0 Å². The summed E-state index contributed by atoms with van der Waals surface area (Å²) in [5, 5.41) is 7.64. The summed E-state index contributed by atoms with van der Waals surface area (Å²) in [6.45, 7) is 7.15. The first-order chi connectivity index (χ1) is 13.9. The molecule has 0 aliphatic carbocycles. The first kappa shape index (κ1) is 21.0. The molecule has 0 fully saturated rings. The van der Waals surface area contributed by atoms with Crippen molar-refractivity contribution in [1.82, 2.24) is 10.1 Å². The highest BCUT2D eigenvalue weighted by molar-refractivity contribution is 6.31. The van der Waals surface area contributed by atoms with Crippen molar-refractivity contribution >= 4 is 23.2 Å². The number of aryl methyl sites for hydroxylation is 1. The summed E-state index contributed by atoms with van der Waals surface area (Å²) in [7, 11) is 0. The number of carbonyl (C=O) groups excluding carboxylic acids is 1. The normalized spacial score (nSPS) is 11.1. The van der Waals surface area contributed by atoms with Crippen LogP contribution in [-0.2, 0) is 11.3 Å². The van der Waals surface area contributed by atoms with Gasteiger partial charge in [-0.3, -0.25) is 9.69 Å². The van der Waals surface area contributed by atoms with E-state index in [2.05, 4.69) is 10.5 Å². The third-order valence-corrected chi connectivity index (χ3v) is 5.02. The number of anilines is 1. The molecule has 0 aliphatic heterocycles. The molecule has 3 rings (SSSR count). The van der Waals surface area contributed by atoms with Crippen LogP contribution in [0.25, 0.3) is 11.3 Å². The fourth-order valence-corrected chi connectivity index (χ4v) is 3.17. The van der Waals surface area contributed by atoms with E-state index in [-0.39, 0.29) is 18.3 Å². The van der Waals surface area contributed by atoms with E-state index in [1.807, 2.05) is 31.7 Å². The fraction of sp³-hybridized carbons (Fsp3) is 0.273. The maximum absolute atomic E-state index is 13.2. The van der Waals surface area contributed by atoms with Gasteiger partial charge in [-0.25, -0.2) is 4.39 Å². The largest absolute Gasteiger partial charge is 0.356 e. The maximum Gasteiger partial charge on any atom is 0.238 e. The van der Waals surface area contributed by atoms with Crippen molar-refractivity contribution in [3.63, 3.8) is 0 Å². The predicted molar refractivity (Wildman–Crippen MR) is 112 cm³/mol.